The van der Waals surface area contributed by atoms with Gasteiger partial charge >= 0.3 is 0 Å². The van der Waals surface area contributed by atoms with Crippen molar-refractivity contribution < 1.29 is 0 Å². The van der Waals surface area contributed by atoms with Gasteiger partial charge in [0.15, 0.2) is 0 Å². The van der Waals surface area contributed by atoms with E-state index >= 15 is 0 Å². The first kappa shape index (κ1) is 14.7. The molecule has 0 aromatic heterocycles. The van der Waals surface area contributed by atoms with Crippen molar-refractivity contribution in [2.45, 2.75) is 45.6 Å². The molecule has 2 nitrogen and oxygen atoms in total. The third kappa shape index (κ3) is 4.39. The van der Waals surface area contributed by atoms with E-state index in [1.54, 1.807) is 0 Å². The van der Waals surface area contributed by atoms with E-state index in [1.165, 1.54) is 24.1 Å². The van der Waals surface area contributed by atoms with Gasteiger partial charge in [0.1, 0.15) is 0 Å². The minimum Gasteiger partial charge on any atom is -0.370 e. The average molecular weight is 281 g/mol. The Hall–Kier alpha value is -0.730. The van der Waals surface area contributed by atoms with Crippen LogP contribution in [-0.2, 0) is 6.42 Å². The van der Waals surface area contributed by atoms with E-state index in [2.05, 4.69) is 30.0 Å². The lowest BCUT2D eigenvalue weighted by Crippen LogP contribution is -2.27. The minimum absolute atomic E-state index is 0.181. The van der Waals surface area contributed by atoms with Crippen molar-refractivity contribution in [2.24, 2.45) is 11.7 Å². The molecule has 1 saturated carbocycles. The quantitative estimate of drug-likeness (QED) is 0.822. The Bertz CT molecular complexity index is 413. The van der Waals surface area contributed by atoms with Gasteiger partial charge in [0.25, 0.3) is 0 Å². The Kier molecular flexibility index (Phi) is 5.12. The zero-order valence-corrected chi connectivity index (χ0v) is 12.8. The van der Waals surface area contributed by atoms with Crippen LogP contribution in [0.4, 0.5) is 5.69 Å². The van der Waals surface area contributed by atoms with Crippen molar-refractivity contribution in [3.63, 3.8) is 0 Å². The molecule has 0 amide bonds. The molecule has 0 aliphatic heterocycles. The summed E-state index contributed by atoms with van der Waals surface area (Å²) >= 11 is 6.46. The van der Waals surface area contributed by atoms with Crippen LogP contribution in [-0.4, -0.2) is 19.1 Å². The fourth-order valence-corrected chi connectivity index (χ4v) is 2.82. The zero-order chi connectivity index (χ0) is 13.8. The van der Waals surface area contributed by atoms with Crippen LogP contribution < -0.4 is 10.6 Å². The zero-order valence-electron chi connectivity index (χ0n) is 12.0. The van der Waals surface area contributed by atoms with Crippen molar-refractivity contribution in [3.8, 4) is 0 Å². The predicted molar refractivity (Wildman–Crippen MR) is 84.0 cm³/mol. The van der Waals surface area contributed by atoms with Gasteiger partial charge in [0, 0.05) is 19.1 Å². The summed E-state index contributed by atoms with van der Waals surface area (Å²) in [4.78, 5) is 2.44. The van der Waals surface area contributed by atoms with Crippen molar-refractivity contribution in [2.75, 3.05) is 18.0 Å². The minimum atomic E-state index is 0.181. The Labute approximate surface area is 121 Å². The molecule has 0 radical (unpaired) electrons. The first-order valence-corrected chi connectivity index (χ1v) is 7.77. The van der Waals surface area contributed by atoms with Crippen LogP contribution in [0.1, 0.15) is 38.7 Å². The highest BCUT2D eigenvalue weighted by Gasteiger charge is 2.25. The van der Waals surface area contributed by atoms with Crippen LogP contribution in [0.2, 0.25) is 5.02 Å². The summed E-state index contributed by atoms with van der Waals surface area (Å²) in [5, 5.41) is 0.868. The number of nitrogens with zero attached hydrogens (tertiary/aromatic N) is 1. The molecule has 0 heterocycles. The Morgan fingerprint density at radius 2 is 2.16 bits per heavy atom. The highest BCUT2D eigenvalue weighted by Crippen LogP contribution is 2.34. The van der Waals surface area contributed by atoms with E-state index in [0.29, 0.717) is 0 Å². The topological polar surface area (TPSA) is 29.3 Å². The number of anilines is 1. The van der Waals surface area contributed by atoms with E-state index in [-0.39, 0.29) is 6.04 Å². The third-order valence-electron chi connectivity index (χ3n) is 3.58. The van der Waals surface area contributed by atoms with Crippen LogP contribution in [0.15, 0.2) is 18.2 Å². The maximum Gasteiger partial charge on any atom is 0.0642 e. The largest absolute Gasteiger partial charge is 0.370 e. The number of benzene rings is 1. The molecule has 2 N–H and O–H groups in total. The van der Waals surface area contributed by atoms with Gasteiger partial charge < -0.3 is 10.6 Å². The number of rotatable bonds is 7. The van der Waals surface area contributed by atoms with Gasteiger partial charge in [-0.3, -0.25) is 0 Å². The van der Waals surface area contributed by atoms with Crippen molar-refractivity contribution in [3.05, 3.63) is 28.8 Å². The number of hydrogen-bond acceptors (Lipinski definition) is 2. The number of halogens is 1. The molecule has 0 spiro atoms. The third-order valence-corrected chi connectivity index (χ3v) is 3.88. The summed E-state index contributed by atoms with van der Waals surface area (Å²) in [5.41, 5.74) is 8.25. The fourth-order valence-electron chi connectivity index (χ4n) is 2.50. The Balaban J connectivity index is 2.11. The molecule has 0 saturated heterocycles. The number of nitrogens with two attached hydrogens (primary N) is 1. The van der Waals surface area contributed by atoms with Crippen molar-refractivity contribution in [1.82, 2.24) is 0 Å². The summed E-state index contributed by atoms with van der Waals surface area (Å²) in [7, 11) is 0. The smallest absolute Gasteiger partial charge is 0.0642 e. The van der Waals surface area contributed by atoms with Crippen LogP contribution in [0, 0.1) is 5.92 Å². The summed E-state index contributed by atoms with van der Waals surface area (Å²) < 4.78 is 0. The molecule has 1 atom stereocenters. The molecule has 2 rings (SSSR count). The molecular weight excluding hydrogens is 256 g/mol. The lowest BCUT2D eigenvalue weighted by Gasteiger charge is -2.26. The summed E-state index contributed by atoms with van der Waals surface area (Å²) in [6, 6.07) is 6.59. The van der Waals surface area contributed by atoms with Gasteiger partial charge in [0.05, 0.1) is 10.7 Å². The SMILES string of the molecule is CCCN(CC1CC1)c1ccc(CC(C)N)cc1Cl. The Morgan fingerprint density at radius 1 is 1.42 bits per heavy atom. The predicted octanol–water partition coefficient (Wildman–Crippen LogP) is 3.86. The van der Waals surface area contributed by atoms with Crippen LogP contribution in [0.25, 0.3) is 0 Å². The molecule has 1 aliphatic carbocycles. The Morgan fingerprint density at radius 3 is 2.68 bits per heavy atom. The molecule has 19 heavy (non-hydrogen) atoms. The lowest BCUT2D eigenvalue weighted by atomic mass is 10.1. The van der Waals surface area contributed by atoms with E-state index in [0.717, 1.165) is 36.9 Å². The molecule has 1 aromatic rings. The summed E-state index contributed by atoms with van der Waals surface area (Å²) in [6.45, 7) is 6.49. The molecule has 1 unspecified atom stereocenters. The maximum absolute atomic E-state index is 6.46. The highest BCUT2D eigenvalue weighted by atomic mass is 35.5. The fraction of sp³-hybridized carbons (Fsp3) is 0.625. The van der Waals surface area contributed by atoms with Gasteiger partial charge in [-0.2, -0.15) is 0 Å². The van der Waals surface area contributed by atoms with Crippen LogP contribution in [0.3, 0.4) is 0 Å². The molecular formula is C16H25ClN2. The van der Waals surface area contributed by atoms with E-state index in [9.17, 15) is 0 Å². The van der Waals surface area contributed by atoms with Crippen molar-refractivity contribution >= 4 is 17.3 Å². The van der Waals surface area contributed by atoms with E-state index < -0.39 is 0 Å². The molecule has 106 valence electrons. The lowest BCUT2D eigenvalue weighted by molar-refractivity contribution is 0.707. The van der Waals surface area contributed by atoms with E-state index in [1.807, 2.05) is 6.92 Å². The monoisotopic (exact) mass is 280 g/mol. The van der Waals surface area contributed by atoms with Crippen molar-refractivity contribution in [1.29, 1.82) is 0 Å². The molecule has 1 aliphatic rings. The normalized spacial score (nSPS) is 16.4. The second-order valence-electron chi connectivity index (χ2n) is 5.86. The molecule has 1 aromatic carbocycles. The average Bonchev–Trinajstić information content (AvgIpc) is 3.12. The van der Waals surface area contributed by atoms with E-state index in [4.69, 9.17) is 17.3 Å². The first-order chi connectivity index (χ1) is 9.10. The molecule has 0 bridgehead atoms. The maximum atomic E-state index is 6.46. The van der Waals surface area contributed by atoms with Gasteiger partial charge in [-0.15, -0.1) is 0 Å². The van der Waals surface area contributed by atoms with Crippen LogP contribution in [0.5, 0.6) is 0 Å². The van der Waals surface area contributed by atoms with Crippen LogP contribution >= 0.6 is 11.6 Å². The molecule has 1 fully saturated rings. The summed E-state index contributed by atoms with van der Waals surface area (Å²) in [6.07, 6.45) is 4.79. The van der Waals surface area contributed by atoms with Gasteiger partial charge in [0.2, 0.25) is 0 Å². The highest BCUT2D eigenvalue weighted by molar-refractivity contribution is 6.33. The van der Waals surface area contributed by atoms with Gasteiger partial charge in [-0.05, 0) is 56.2 Å². The summed E-state index contributed by atoms with van der Waals surface area (Å²) in [5.74, 6) is 0.881. The second-order valence-corrected chi connectivity index (χ2v) is 6.26. The number of hydrogen-bond donors (Lipinski definition) is 1. The standard InChI is InChI=1S/C16H25ClN2/c1-3-8-19(11-13-4-5-13)16-7-6-14(9-12(2)18)10-15(16)17/h6-7,10,12-13H,3-5,8-9,11,18H2,1-2H3. The van der Waals surface area contributed by atoms with Gasteiger partial charge in [-0.25, -0.2) is 0 Å². The molecule has 3 heteroatoms. The van der Waals surface area contributed by atoms with Gasteiger partial charge in [-0.1, -0.05) is 24.6 Å². The second kappa shape index (κ2) is 6.62. The first-order valence-electron chi connectivity index (χ1n) is 7.39.